The summed E-state index contributed by atoms with van der Waals surface area (Å²) in [6, 6.07) is 0.888. The van der Waals surface area contributed by atoms with Gasteiger partial charge in [-0.15, -0.1) is 0 Å². The Bertz CT molecular complexity index is 537. The maximum Gasteiger partial charge on any atom is 0.255 e. The van der Waals surface area contributed by atoms with E-state index in [4.69, 9.17) is 11.6 Å². The molecule has 1 aliphatic rings. The predicted molar refractivity (Wildman–Crippen MR) is 55.8 cm³/mol. The SMILES string of the molecule is O=c1cc(Cl)ncn1C1CCS(=O)(=O)C1. The molecule has 1 atom stereocenters. The number of aromatic nitrogens is 2. The van der Waals surface area contributed by atoms with E-state index in [0.717, 1.165) is 0 Å². The number of sulfone groups is 1. The van der Waals surface area contributed by atoms with E-state index in [1.807, 2.05) is 0 Å². The summed E-state index contributed by atoms with van der Waals surface area (Å²) in [4.78, 5) is 15.2. The van der Waals surface area contributed by atoms with Crippen LogP contribution in [-0.2, 0) is 9.84 Å². The third-order valence-electron chi connectivity index (χ3n) is 2.40. The van der Waals surface area contributed by atoms with Gasteiger partial charge in [-0.3, -0.25) is 9.36 Å². The molecule has 1 unspecified atom stereocenters. The van der Waals surface area contributed by atoms with Crippen molar-refractivity contribution in [1.82, 2.24) is 9.55 Å². The van der Waals surface area contributed by atoms with Crippen LogP contribution in [0.25, 0.3) is 0 Å². The highest BCUT2D eigenvalue weighted by molar-refractivity contribution is 7.91. The molecular weight excluding hydrogens is 240 g/mol. The third kappa shape index (κ3) is 2.21. The van der Waals surface area contributed by atoms with Gasteiger partial charge in [0, 0.05) is 6.07 Å². The zero-order valence-corrected chi connectivity index (χ0v) is 9.33. The molecular formula is C8H9ClN2O3S. The molecule has 1 aliphatic heterocycles. The van der Waals surface area contributed by atoms with Crippen molar-refractivity contribution in [2.45, 2.75) is 12.5 Å². The number of nitrogens with zero attached hydrogens (tertiary/aromatic N) is 2. The van der Waals surface area contributed by atoms with Gasteiger partial charge in [0.2, 0.25) is 0 Å². The van der Waals surface area contributed by atoms with Gasteiger partial charge in [0.25, 0.3) is 5.56 Å². The van der Waals surface area contributed by atoms with E-state index in [9.17, 15) is 13.2 Å². The normalized spacial score (nSPS) is 24.2. The van der Waals surface area contributed by atoms with Gasteiger partial charge >= 0.3 is 0 Å². The number of hydrogen-bond acceptors (Lipinski definition) is 4. The molecule has 1 aromatic heterocycles. The minimum absolute atomic E-state index is 0.0101. The molecule has 2 heterocycles. The van der Waals surface area contributed by atoms with Crippen molar-refractivity contribution in [2.24, 2.45) is 0 Å². The molecule has 15 heavy (non-hydrogen) atoms. The highest BCUT2D eigenvalue weighted by Crippen LogP contribution is 2.21. The van der Waals surface area contributed by atoms with Gasteiger partial charge in [0.05, 0.1) is 23.9 Å². The van der Waals surface area contributed by atoms with E-state index >= 15 is 0 Å². The van der Waals surface area contributed by atoms with Crippen LogP contribution in [-0.4, -0.2) is 29.5 Å². The summed E-state index contributed by atoms with van der Waals surface area (Å²) in [7, 11) is -2.99. The van der Waals surface area contributed by atoms with Crippen LogP contribution in [0.2, 0.25) is 5.15 Å². The van der Waals surface area contributed by atoms with E-state index in [-0.39, 0.29) is 28.3 Å². The van der Waals surface area contributed by atoms with Crippen LogP contribution in [0.5, 0.6) is 0 Å². The Morgan fingerprint density at radius 3 is 2.80 bits per heavy atom. The second-order valence-corrected chi connectivity index (χ2v) is 6.13. The molecule has 0 bridgehead atoms. The van der Waals surface area contributed by atoms with Crippen molar-refractivity contribution in [3.05, 3.63) is 27.9 Å². The van der Waals surface area contributed by atoms with Crippen molar-refractivity contribution < 1.29 is 8.42 Å². The maximum atomic E-state index is 11.5. The van der Waals surface area contributed by atoms with Gasteiger partial charge < -0.3 is 0 Å². The van der Waals surface area contributed by atoms with Crippen molar-refractivity contribution in [1.29, 1.82) is 0 Å². The molecule has 0 aromatic carbocycles. The Balaban J connectivity index is 2.36. The van der Waals surface area contributed by atoms with Crippen molar-refractivity contribution >= 4 is 21.4 Å². The van der Waals surface area contributed by atoms with Crippen LogP contribution in [0.15, 0.2) is 17.2 Å². The average molecular weight is 249 g/mol. The molecule has 0 radical (unpaired) electrons. The average Bonchev–Trinajstić information content (AvgIpc) is 2.46. The molecule has 2 rings (SSSR count). The first-order chi connectivity index (χ1) is 6.98. The highest BCUT2D eigenvalue weighted by Gasteiger charge is 2.29. The minimum Gasteiger partial charge on any atom is -0.295 e. The molecule has 82 valence electrons. The lowest BCUT2D eigenvalue weighted by Gasteiger charge is -2.10. The van der Waals surface area contributed by atoms with Crippen LogP contribution in [0, 0.1) is 0 Å². The fourth-order valence-electron chi connectivity index (χ4n) is 1.66. The fraction of sp³-hybridized carbons (Fsp3) is 0.500. The number of hydrogen-bond donors (Lipinski definition) is 0. The second kappa shape index (κ2) is 3.61. The smallest absolute Gasteiger partial charge is 0.255 e. The molecule has 1 fully saturated rings. The maximum absolute atomic E-state index is 11.5. The van der Waals surface area contributed by atoms with Gasteiger partial charge in [-0.05, 0) is 6.42 Å². The zero-order valence-electron chi connectivity index (χ0n) is 7.76. The number of halogens is 1. The Morgan fingerprint density at radius 1 is 1.53 bits per heavy atom. The summed E-state index contributed by atoms with van der Waals surface area (Å²) >= 11 is 5.54. The molecule has 0 spiro atoms. The van der Waals surface area contributed by atoms with Gasteiger partial charge in [0.15, 0.2) is 9.84 Å². The lowest BCUT2D eigenvalue weighted by Crippen LogP contribution is -2.25. The third-order valence-corrected chi connectivity index (χ3v) is 4.36. The van der Waals surface area contributed by atoms with Crippen LogP contribution in [0.3, 0.4) is 0 Å². The summed E-state index contributed by atoms with van der Waals surface area (Å²) < 4.78 is 23.8. The largest absolute Gasteiger partial charge is 0.295 e. The molecule has 5 nitrogen and oxygen atoms in total. The van der Waals surface area contributed by atoms with E-state index < -0.39 is 9.84 Å². The lowest BCUT2D eigenvalue weighted by molar-refractivity contribution is 0.530. The first-order valence-corrected chi connectivity index (χ1v) is 6.62. The molecule has 1 saturated heterocycles. The van der Waals surface area contributed by atoms with Crippen molar-refractivity contribution in [3.63, 3.8) is 0 Å². The molecule has 0 amide bonds. The first-order valence-electron chi connectivity index (χ1n) is 4.42. The Labute approximate surface area is 91.6 Å². The van der Waals surface area contributed by atoms with Crippen LogP contribution >= 0.6 is 11.6 Å². The van der Waals surface area contributed by atoms with Gasteiger partial charge in [-0.2, -0.15) is 0 Å². The summed E-state index contributed by atoms with van der Waals surface area (Å²) in [5.41, 5.74) is -0.308. The molecule has 0 saturated carbocycles. The van der Waals surface area contributed by atoms with Crippen LogP contribution < -0.4 is 5.56 Å². The molecule has 1 aromatic rings. The summed E-state index contributed by atoms with van der Waals surface area (Å²) in [5, 5.41) is 0.122. The Kier molecular flexibility index (Phi) is 2.56. The highest BCUT2D eigenvalue weighted by atomic mass is 35.5. The molecule has 0 aliphatic carbocycles. The zero-order chi connectivity index (χ0) is 11.1. The summed E-state index contributed by atoms with van der Waals surface area (Å²) in [5.74, 6) is 0.142. The van der Waals surface area contributed by atoms with Crippen molar-refractivity contribution in [2.75, 3.05) is 11.5 Å². The standard InChI is InChI=1S/C8H9ClN2O3S/c9-7-3-8(12)11(5-10-7)6-1-2-15(13,14)4-6/h3,5-6H,1-2,4H2. The van der Waals surface area contributed by atoms with Gasteiger partial charge in [-0.25, -0.2) is 13.4 Å². The molecule has 7 heteroatoms. The Hall–Kier alpha value is -0.880. The van der Waals surface area contributed by atoms with E-state index in [2.05, 4.69) is 4.98 Å². The summed E-state index contributed by atoms with van der Waals surface area (Å²) in [6.07, 6.45) is 1.77. The quantitative estimate of drug-likeness (QED) is 0.669. The van der Waals surface area contributed by atoms with Gasteiger partial charge in [0.1, 0.15) is 5.15 Å². The van der Waals surface area contributed by atoms with Crippen molar-refractivity contribution in [3.8, 4) is 0 Å². The van der Waals surface area contributed by atoms with Gasteiger partial charge in [-0.1, -0.05) is 11.6 Å². The van der Waals surface area contributed by atoms with Crippen LogP contribution in [0.4, 0.5) is 0 Å². The lowest BCUT2D eigenvalue weighted by atomic mass is 10.2. The predicted octanol–water partition coefficient (Wildman–Crippen LogP) is 0.256. The van der Waals surface area contributed by atoms with E-state index in [1.165, 1.54) is 17.0 Å². The molecule has 0 N–H and O–H groups in total. The first kappa shape index (κ1) is 10.6. The summed E-state index contributed by atoms with van der Waals surface area (Å²) in [6.45, 7) is 0. The topological polar surface area (TPSA) is 69.0 Å². The monoisotopic (exact) mass is 248 g/mol. The minimum atomic E-state index is -2.99. The van der Waals surface area contributed by atoms with E-state index in [1.54, 1.807) is 0 Å². The van der Waals surface area contributed by atoms with E-state index in [0.29, 0.717) is 6.42 Å². The second-order valence-electron chi connectivity index (χ2n) is 3.51. The fourth-order valence-corrected chi connectivity index (χ4v) is 3.51. The van der Waals surface area contributed by atoms with Crippen LogP contribution in [0.1, 0.15) is 12.5 Å². The number of rotatable bonds is 1. The Morgan fingerprint density at radius 2 is 2.27 bits per heavy atom.